The van der Waals surface area contributed by atoms with Crippen LogP contribution in [0.1, 0.15) is 36.3 Å². The summed E-state index contributed by atoms with van der Waals surface area (Å²) in [7, 11) is 0. The van der Waals surface area contributed by atoms with E-state index in [1.807, 2.05) is 13.8 Å². The van der Waals surface area contributed by atoms with Crippen LogP contribution in [0.4, 0.5) is 10.3 Å². The van der Waals surface area contributed by atoms with Crippen LogP contribution in [-0.4, -0.2) is 30.5 Å². The summed E-state index contributed by atoms with van der Waals surface area (Å²) in [5.74, 6) is -0.402. The monoisotopic (exact) mass is 390 g/mol. The lowest BCUT2D eigenvalue weighted by atomic mass is 10.2. The molecule has 7 nitrogen and oxygen atoms in total. The van der Waals surface area contributed by atoms with E-state index in [0.717, 1.165) is 11.3 Å². The second-order valence-corrected chi connectivity index (χ2v) is 6.62. The molecule has 1 N–H and O–H groups in total. The van der Waals surface area contributed by atoms with Crippen molar-refractivity contribution in [2.45, 2.75) is 39.8 Å². The Kier molecular flexibility index (Phi) is 5.55. The molecule has 1 amide bonds. The number of nitrogens with zero attached hydrogens (tertiary/aromatic N) is 5. The smallest absolute Gasteiger partial charge is 0.251 e. The molecular weight excluding hydrogens is 371 g/mol. The van der Waals surface area contributed by atoms with Gasteiger partial charge in [-0.25, -0.2) is 14.1 Å². The molecule has 3 rings (SSSR count). The molecule has 1 aromatic carbocycles. The molecular formula is C18H20ClFN6O. The predicted octanol–water partition coefficient (Wildman–Crippen LogP) is 3.52. The fourth-order valence-corrected chi connectivity index (χ4v) is 2.98. The Morgan fingerprint density at radius 3 is 2.74 bits per heavy atom. The van der Waals surface area contributed by atoms with Gasteiger partial charge >= 0.3 is 0 Å². The number of aryl methyl sites for hydroxylation is 1. The summed E-state index contributed by atoms with van der Waals surface area (Å²) in [4.78, 5) is 16.8. The molecule has 0 radical (unpaired) electrons. The van der Waals surface area contributed by atoms with Gasteiger partial charge in [-0.05, 0) is 38.0 Å². The van der Waals surface area contributed by atoms with Gasteiger partial charge in [0.05, 0.1) is 23.0 Å². The molecule has 0 aliphatic heterocycles. The van der Waals surface area contributed by atoms with Crippen LogP contribution in [0.5, 0.6) is 0 Å². The number of aromatic nitrogens is 5. The second-order valence-electron chi connectivity index (χ2n) is 6.24. The van der Waals surface area contributed by atoms with E-state index in [9.17, 15) is 9.18 Å². The Morgan fingerprint density at radius 1 is 1.33 bits per heavy atom. The van der Waals surface area contributed by atoms with Gasteiger partial charge in [0.15, 0.2) is 0 Å². The van der Waals surface area contributed by atoms with E-state index in [1.165, 1.54) is 23.1 Å². The maximum atomic E-state index is 13.3. The number of halogens is 2. The summed E-state index contributed by atoms with van der Waals surface area (Å²) in [6, 6.07) is 5.72. The maximum absolute atomic E-state index is 13.3. The fraction of sp³-hybridized carbons (Fsp3) is 0.333. The van der Waals surface area contributed by atoms with Crippen LogP contribution < -0.4 is 5.32 Å². The van der Waals surface area contributed by atoms with Gasteiger partial charge in [-0.15, -0.1) is 5.10 Å². The van der Waals surface area contributed by atoms with Crippen molar-refractivity contribution in [3.05, 3.63) is 58.4 Å². The van der Waals surface area contributed by atoms with Crippen LogP contribution >= 0.6 is 11.6 Å². The lowest BCUT2D eigenvalue weighted by molar-refractivity contribution is -0.119. The normalized spacial score (nSPS) is 12.2. The van der Waals surface area contributed by atoms with E-state index < -0.39 is 6.04 Å². The number of benzene rings is 1. The predicted molar refractivity (Wildman–Crippen MR) is 100 cm³/mol. The van der Waals surface area contributed by atoms with Crippen molar-refractivity contribution in [1.29, 1.82) is 0 Å². The van der Waals surface area contributed by atoms with Gasteiger partial charge < -0.3 is 0 Å². The first-order valence-electron chi connectivity index (χ1n) is 8.55. The van der Waals surface area contributed by atoms with Crippen molar-refractivity contribution < 1.29 is 9.18 Å². The van der Waals surface area contributed by atoms with Crippen molar-refractivity contribution in [1.82, 2.24) is 24.5 Å². The zero-order chi connectivity index (χ0) is 19.6. The first-order chi connectivity index (χ1) is 12.9. The number of nitrogens with one attached hydrogen (secondary N) is 1. The van der Waals surface area contributed by atoms with E-state index in [2.05, 4.69) is 20.5 Å². The molecule has 9 heteroatoms. The van der Waals surface area contributed by atoms with Crippen LogP contribution in [0.25, 0.3) is 0 Å². The number of hydrogen-bond donors (Lipinski definition) is 1. The summed E-state index contributed by atoms with van der Waals surface area (Å²) in [6.45, 7) is 5.87. The van der Waals surface area contributed by atoms with Crippen LogP contribution in [0, 0.1) is 19.7 Å². The van der Waals surface area contributed by atoms with E-state index >= 15 is 0 Å². The van der Waals surface area contributed by atoms with Gasteiger partial charge in [-0.2, -0.15) is 5.10 Å². The molecule has 2 heterocycles. The Labute approximate surface area is 161 Å². The van der Waals surface area contributed by atoms with Crippen LogP contribution in [-0.2, 0) is 11.3 Å². The van der Waals surface area contributed by atoms with Gasteiger partial charge in [0.25, 0.3) is 5.91 Å². The second kappa shape index (κ2) is 7.87. The number of hydrogen-bond acceptors (Lipinski definition) is 4. The van der Waals surface area contributed by atoms with Gasteiger partial charge in [-0.3, -0.25) is 14.8 Å². The van der Waals surface area contributed by atoms with Gasteiger partial charge in [0.2, 0.25) is 5.95 Å². The van der Waals surface area contributed by atoms with E-state index in [1.54, 1.807) is 23.7 Å². The zero-order valence-electron chi connectivity index (χ0n) is 15.3. The molecule has 1 atom stereocenters. The summed E-state index contributed by atoms with van der Waals surface area (Å²) < 4.78 is 16.4. The van der Waals surface area contributed by atoms with Crippen molar-refractivity contribution in [3.8, 4) is 0 Å². The summed E-state index contributed by atoms with van der Waals surface area (Å²) >= 11 is 6.19. The number of carbonyl (C=O) groups excluding carboxylic acids is 1. The van der Waals surface area contributed by atoms with Crippen molar-refractivity contribution in [3.63, 3.8) is 0 Å². The molecule has 3 aromatic rings. The van der Waals surface area contributed by atoms with Gasteiger partial charge in [0.1, 0.15) is 18.2 Å². The number of anilines is 1. The molecule has 0 spiro atoms. The van der Waals surface area contributed by atoms with E-state index in [0.29, 0.717) is 23.7 Å². The topological polar surface area (TPSA) is 77.6 Å². The lowest BCUT2D eigenvalue weighted by Gasteiger charge is -2.16. The van der Waals surface area contributed by atoms with Crippen molar-refractivity contribution in [2.24, 2.45) is 0 Å². The van der Waals surface area contributed by atoms with Crippen molar-refractivity contribution in [2.75, 3.05) is 5.32 Å². The molecule has 27 heavy (non-hydrogen) atoms. The number of carbonyl (C=O) groups is 1. The molecule has 0 aliphatic rings. The van der Waals surface area contributed by atoms with Crippen LogP contribution in [0.3, 0.4) is 0 Å². The van der Waals surface area contributed by atoms with Gasteiger partial charge in [0, 0.05) is 0 Å². The minimum atomic E-state index is -0.522. The minimum Gasteiger partial charge on any atom is -0.291 e. The summed E-state index contributed by atoms with van der Waals surface area (Å²) in [5, 5.41) is 11.8. The van der Waals surface area contributed by atoms with Gasteiger partial charge in [-0.1, -0.05) is 30.7 Å². The zero-order valence-corrected chi connectivity index (χ0v) is 16.0. The first-order valence-corrected chi connectivity index (χ1v) is 8.92. The highest BCUT2D eigenvalue weighted by molar-refractivity contribution is 6.31. The third-order valence-electron chi connectivity index (χ3n) is 4.23. The Hall–Kier alpha value is -2.74. The molecule has 0 saturated heterocycles. The van der Waals surface area contributed by atoms with E-state index in [4.69, 9.17) is 11.6 Å². The molecule has 2 aromatic heterocycles. The third kappa shape index (κ3) is 4.16. The molecule has 0 bridgehead atoms. The highest BCUT2D eigenvalue weighted by Gasteiger charge is 2.24. The van der Waals surface area contributed by atoms with E-state index in [-0.39, 0.29) is 17.7 Å². The lowest BCUT2D eigenvalue weighted by Crippen LogP contribution is -2.27. The molecule has 0 saturated carbocycles. The Bertz CT molecular complexity index is 967. The minimum absolute atomic E-state index is 0.183. The maximum Gasteiger partial charge on any atom is 0.251 e. The fourth-order valence-electron chi connectivity index (χ4n) is 2.86. The molecule has 0 fully saturated rings. The average Bonchev–Trinajstić information content (AvgIpc) is 3.16. The third-order valence-corrected chi connectivity index (χ3v) is 4.77. The summed E-state index contributed by atoms with van der Waals surface area (Å²) in [6.07, 6.45) is 2.02. The largest absolute Gasteiger partial charge is 0.291 e. The Balaban J connectivity index is 1.72. The molecule has 142 valence electrons. The molecule has 0 aliphatic carbocycles. The first kappa shape index (κ1) is 19.0. The van der Waals surface area contributed by atoms with Crippen LogP contribution in [0.2, 0.25) is 5.02 Å². The summed E-state index contributed by atoms with van der Waals surface area (Å²) in [5.41, 5.74) is 2.17. The highest BCUT2D eigenvalue weighted by Crippen LogP contribution is 2.24. The highest BCUT2D eigenvalue weighted by atomic mass is 35.5. The average molecular weight is 391 g/mol. The Morgan fingerprint density at radius 2 is 2.11 bits per heavy atom. The standard InChI is InChI=1S/C18H20ClFN6O/c1-4-15(26-12(3)16(19)11(2)23-26)17(27)22-18-21-10-25(24-18)9-13-6-5-7-14(20)8-13/h5-8,10,15H,4,9H2,1-3H3,(H,22,24,27). The SMILES string of the molecule is CCC(C(=O)Nc1ncn(Cc2cccc(F)c2)n1)n1nc(C)c(Cl)c1C. The molecule has 1 unspecified atom stereocenters. The van der Waals surface area contributed by atoms with Crippen LogP contribution in [0.15, 0.2) is 30.6 Å². The quantitative estimate of drug-likeness (QED) is 0.698. The number of amides is 1. The van der Waals surface area contributed by atoms with Crippen molar-refractivity contribution >= 4 is 23.5 Å². The number of rotatable bonds is 6.